The standard InChI is InChI=1S/C30H41N3O7/c1-22(2)16-27-30(39-21-37-4,28(34)33(27)20-36-3)18-24-17-26(10-13-31-24)40-25-11-14-32(15-12-25)29(35)38-19-23-8-6-5-7-9-23/h5-10,13,17,22,25,27H,11-12,14-16,18-21H2,1-4H3/t27-,30-/m0/s1. The molecule has 2 aromatic rings. The van der Waals surface area contributed by atoms with Gasteiger partial charge in [-0.25, -0.2) is 4.79 Å². The maximum absolute atomic E-state index is 13.4. The molecule has 0 unspecified atom stereocenters. The van der Waals surface area contributed by atoms with Crippen LogP contribution in [0.3, 0.4) is 0 Å². The van der Waals surface area contributed by atoms with E-state index < -0.39 is 5.60 Å². The molecule has 40 heavy (non-hydrogen) atoms. The summed E-state index contributed by atoms with van der Waals surface area (Å²) in [5.41, 5.74) is 0.591. The average Bonchev–Trinajstić information content (AvgIpc) is 2.97. The third-order valence-electron chi connectivity index (χ3n) is 7.37. The average molecular weight is 556 g/mol. The molecule has 0 N–H and O–H groups in total. The van der Waals surface area contributed by atoms with Crippen molar-refractivity contribution >= 4 is 12.0 Å². The molecular formula is C30H41N3O7. The minimum atomic E-state index is -1.07. The third kappa shape index (κ3) is 7.10. The molecule has 0 bridgehead atoms. The molecule has 0 radical (unpaired) electrons. The highest BCUT2D eigenvalue weighted by Crippen LogP contribution is 2.41. The zero-order valence-electron chi connectivity index (χ0n) is 23.9. The summed E-state index contributed by atoms with van der Waals surface area (Å²) >= 11 is 0. The van der Waals surface area contributed by atoms with Gasteiger partial charge in [-0.1, -0.05) is 44.2 Å². The number of pyridine rings is 1. The first-order valence-corrected chi connectivity index (χ1v) is 13.9. The number of amides is 2. The predicted octanol–water partition coefficient (Wildman–Crippen LogP) is 4.02. The van der Waals surface area contributed by atoms with Gasteiger partial charge < -0.3 is 33.5 Å². The Balaban J connectivity index is 1.35. The molecule has 10 nitrogen and oxygen atoms in total. The lowest BCUT2D eigenvalue weighted by molar-refractivity contribution is -0.235. The van der Waals surface area contributed by atoms with Crippen molar-refractivity contribution < 1.29 is 33.3 Å². The van der Waals surface area contributed by atoms with E-state index >= 15 is 0 Å². The number of rotatable bonds is 13. The van der Waals surface area contributed by atoms with Gasteiger partial charge in [-0.3, -0.25) is 9.78 Å². The summed E-state index contributed by atoms with van der Waals surface area (Å²) in [5, 5.41) is 0. The Morgan fingerprint density at radius 3 is 2.52 bits per heavy atom. The van der Waals surface area contributed by atoms with Crippen LogP contribution < -0.4 is 4.74 Å². The van der Waals surface area contributed by atoms with E-state index in [2.05, 4.69) is 18.8 Å². The summed E-state index contributed by atoms with van der Waals surface area (Å²) in [5.74, 6) is 0.904. The SMILES string of the molecule is COCO[C@]1(Cc2cc(OC3CCN(C(=O)OCc4ccccc4)CC3)ccn2)C(=O)N(COC)[C@H]1CC(C)C. The van der Waals surface area contributed by atoms with Gasteiger partial charge in [0.1, 0.15) is 32.0 Å². The third-order valence-corrected chi connectivity index (χ3v) is 7.37. The Kier molecular flexibility index (Phi) is 10.4. The molecule has 2 saturated heterocycles. The molecule has 0 spiro atoms. The van der Waals surface area contributed by atoms with Crippen molar-refractivity contribution in [1.82, 2.24) is 14.8 Å². The monoisotopic (exact) mass is 555 g/mol. The van der Waals surface area contributed by atoms with Crippen LogP contribution in [0.15, 0.2) is 48.7 Å². The van der Waals surface area contributed by atoms with E-state index in [1.165, 1.54) is 0 Å². The predicted molar refractivity (Wildman–Crippen MR) is 147 cm³/mol. The number of hydrogen-bond donors (Lipinski definition) is 0. The van der Waals surface area contributed by atoms with Crippen LogP contribution in [0, 0.1) is 5.92 Å². The number of β-lactam (4-membered cyclic amide) rings is 1. The molecule has 4 rings (SSSR count). The van der Waals surface area contributed by atoms with Gasteiger partial charge in [0.05, 0.1) is 6.04 Å². The van der Waals surface area contributed by atoms with Crippen molar-refractivity contribution in [3.63, 3.8) is 0 Å². The van der Waals surface area contributed by atoms with Crippen molar-refractivity contribution in [2.75, 3.05) is 40.8 Å². The van der Waals surface area contributed by atoms with Crippen LogP contribution in [0.1, 0.15) is 44.4 Å². The van der Waals surface area contributed by atoms with Crippen molar-refractivity contribution in [2.24, 2.45) is 5.92 Å². The molecule has 1 aromatic carbocycles. The van der Waals surface area contributed by atoms with Gasteiger partial charge in [-0.05, 0) is 24.0 Å². The second kappa shape index (κ2) is 13.9. The summed E-state index contributed by atoms with van der Waals surface area (Å²) in [4.78, 5) is 33.8. The molecular weight excluding hydrogens is 514 g/mol. The lowest BCUT2D eigenvalue weighted by Gasteiger charge is -2.55. The van der Waals surface area contributed by atoms with Crippen molar-refractivity contribution in [3.05, 3.63) is 59.9 Å². The van der Waals surface area contributed by atoms with E-state index in [0.717, 1.165) is 12.0 Å². The lowest BCUT2D eigenvalue weighted by atomic mass is 9.75. The molecule has 2 amide bonds. The summed E-state index contributed by atoms with van der Waals surface area (Å²) in [6.07, 6.45) is 3.80. The van der Waals surface area contributed by atoms with Crippen LogP contribution in [0.5, 0.6) is 5.75 Å². The molecule has 10 heteroatoms. The van der Waals surface area contributed by atoms with Gasteiger partial charge in [0, 0.05) is 64.5 Å². The van der Waals surface area contributed by atoms with Crippen LogP contribution in [0.2, 0.25) is 0 Å². The van der Waals surface area contributed by atoms with Crippen molar-refractivity contribution in [1.29, 1.82) is 0 Å². The van der Waals surface area contributed by atoms with Crippen LogP contribution >= 0.6 is 0 Å². The van der Waals surface area contributed by atoms with Gasteiger partial charge in [-0.2, -0.15) is 0 Å². The quantitative estimate of drug-likeness (QED) is 0.270. The number of aromatic nitrogens is 1. The number of piperidine rings is 1. The summed E-state index contributed by atoms with van der Waals surface area (Å²) in [7, 11) is 3.12. The molecule has 1 aromatic heterocycles. The minimum Gasteiger partial charge on any atom is -0.490 e. The Hall–Kier alpha value is -3.21. The highest BCUT2D eigenvalue weighted by Gasteiger charge is 2.62. The maximum Gasteiger partial charge on any atom is 0.410 e. The largest absolute Gasteiger partial charge is 0.490 e. The lowest BCUT2D eigenvalue weighted by Crippen LogP contribution is -2.76. The van der Waals surface area contributed by atoms with E-state index in [-0.39, 0.29) is 44.3 Å². The number of benzene rings is 1. The zero-order valence-corrected chi connectivity index (χ0v) is 23.9. The van der Waals surface area contributed by atoms with E-state index in [0.29, 0.717) is 49.7 Å². The zero-order chi connectivity index (χ0) is 28.5. The van der Waals surface area contributed by atoms with Gasteiger partial charge in [0.15, 0.2) is 5.60 Å². The van der Waals surface area contributed by atoms with E-state index in [9.17, 15) is 9.59 Å². The maximum atomic E-state index is 13.4. The number of methoxy groups -OCH3 is 2. The molecule has 0 aliphatic carbocycles. The fourth-order valence-corrected chi connectivity index (χ4v) is 5.39. The van der Waals surface area contributed by atoms with Crippen molar-refractivity contribution in [2.45, 2.75) is 63.9 Å². The minimum absolute atomic E-state index is 0.00368. The number of carbonyl (C=O) groups excluding carboxylic acids is 2. The summed E-state index contributed by atoms with van der Waals surface area (Å²) in [6.45, 7) is 5.84. The Labute approximate surface area is 236 Å². The molecule has 2 atom stereocenters. The normalized spacial score (nSPS) is 21.4. The molecule has 2 aliphatic heterocycles. The van der Waals surface area contributed by atoms with Gasteiger partial charge >= 0.3 is 6.09 Å². The topological polar surface area (TPSA) is 99.7 Å². The van der Waals surface area contributed by atoms with Crippen LogP contribution in [0.4, 0.5) is 4.79 Å². The highest BCUT2D eigenvalue weighted by atomic mass is 16.7. The van der Waals surface area contributed by atoms with Gasteiger partial charge in [0.25, 0.3) is 5.91 Å². The fourth-order valence-electron chi connectivity index (χ4n) is 5.39. The molecule has 3 heterocycles. The molecule has 2 aliphatic rings. The van der Waals surface area contributed by atoms with Crippen LogP contribution in [-0.2, 0) is 36.8 Å². The Morgan fingerprint density at radius 2 is 1.85 bits per heavy atom. The number of likely N-dealkylation sites (tertiary alicyclic amines) is 2. The second-order valence-electron chi connectivity index (χ2n) is 10.8. The highest BCUT2D eigenvalue weighted by molar-refractivity contribution is 5.93. The Bertz CT molecular complexity index is 1110. The number of hydrogen-bond acceptors (Lipinski definition) is 8. The van der Waals surface area contributed by atoms with E-state index in [4.69, 9.17) is 23.7 Å². The summed E-state index contributed by atoms with van der Waals surface area (Å²) in [6, 6.07) is 13.2. The van der Waals surface area contributed by atoms with Crippen LogP contribution in [-0.4, -0.2) is 85.4 Å². The van der Waals surface area contributed by atoms with Gasteiger partial charge in [0.2, 0.25) is 0 Å². The number of ether oxygens (including phenoxy) is 5. The van der Waals surface area contributed by atoms with Crippen LogP contribution in [0.25, 0.3) is 0 Å². The molecule has 218 valence electrons. The van der Waals surface area contributed by atoms with E-state index in [1.54, 1.807) is 30.2 Å². The smallest absolute Gasteiger partial charge is 0.410 e. The first kappa shape index (κ1) is 29.8. The second-order valence-corrected chi connectivity index (χ2v) is 10.8. The first-order valence-electron chi connectivity index (χ1n) is 13.9. The molecule has 0 saturated carbocycles. The van der Waals surface area contributed by atoms with Crippen molar-refractivity contribution in [3.8, 4) is 5.75 Å². The first-order chi connectivity index (χ1) is 19.4. The number of nitrogens with zero attached hydrogens (tertiary/aromatic N) is 3. The Morgan fingerprint density at radius 1 is 1.10 bits per heavy atom. The van der Waals surface area contributed by atoms with E-state index in [1.807, 2.05) is 42.5 Å². The molecule has 2 fully saturated rings. The number of carbonyl (C=O) groups is 2. The fraction of sp³-hybridized carbons (Fsp3) is 0.567. The van der Waals surface area contributed by atoms with Gasteiger partial charge in [-0.15, -0.1) is 0 Å². The summed E-state index contributed by atoms with van der Waals surface area (Å²) < 4.78 is 28.3.